The molecule has 0 saturated carbocycles. The minimum absolute atomic E-state index is 0.0150. The van der Waals surface area contributed by atoms with Gasteiger partial charge in [0.2, 0.25) is 0 Å². The zero-order chi connectivity index (χ0) is 9.10. The number of hydrogen-bond acceptors (Lipinski definition) is 1. The van der Waals surface area contributed by atoms with Gasteiger partial charge in [-0.25, -0.2) is 0 Å². The van der Waals surface area contributed by atoms with E-state index in [4.69, 9.17) is 0 Å². The zero-order valence-corrected chi connectivity index (χ0v) is 6.97. The number of hydrogen-bond donors (Lipinski definition) is 0. The summed E-state index contributed by atoms with van der Waals surface area (Å²) in [4.78, 5) is 3.92. The summed E-state index contributed by atoms with van der Waals surface area (Å²) in [5.41, 5.74) is 1.57. The number of nitrogens with zero attached hydrogens (tertiary/aromatic N) is 1. The van der Waals surface area contributed by atoms with Crippen molar-refractivity contribution in [2.45, 2.75) is 0 Å². The van der Waals surface area contributed by atoms with Crippen molar-refractivity contribution in [3.8, 4) is 16.9 Å². The molecule has 2 rings (SSSR count). The van der Waals surface area contributed by atoms with Gasteiger partial charge in [0, 0.05) is 24.0 Å². The molecule has 2 heteroatoms. The fourth-order valence-electron chi connectivity index (χ4n) is 1.22. The van der Waals surface area contributed by atoms with Crippen LogP contribution < -0.4 is 0 Å². The molecule has 1 radical (unpaired) electrons. The van der Waals surface area contributed by atoms with Crippen LogP contribution in [0.2, 0.25) is 0 Å². The van der Waals surface area contributed by atoms with Crippen molar-refractivity contribution < 1.29 is 5.11 Å². The quantitative estimate of drug-likeness (QED) is 0.647. The Morgan fingerprint density at radius 3 is 2.46 bits per heavy atom. The summed E-state index contributed by atoms with van der Waals surface area (Å²) in [6.07, 6.45) is 3.10. The van der Waals surface area contributed by atoms with Gasteiger partial charge in [0.05, 0.1) is 0 Å². The molecule has 63 valence electrons. The summed E-state index contributed by atoms with van der Waals surface area (Å²) in [7, 11) is 0. The molecule has 0 saturated heterocycles. The summed E-state index contributed by atoms with van der Waals surface area (Å²) in [6.45, 7) is 0. The molecule has 0 aliphatic rings. The van der Waals surface area contributed by atoms with E-state index in [0.29, 0.717) is 5.56 Å². The molecule has 0 unspecified atom stereocenters. The Kier molecular flexibility index (Phi) is 1.96. The standard InChI is InChI=1S/C11H8NO/c13-11-6-7-12-8-10(11)9-4-2-1-3-5-9/h1-8H. The largest absolute Gasteiger partial charge is 0.289 e. The molecule has 2 nitrogen and oxygen atoms in total. The first kappa shape index (κ1) is 7.80. The lowest BCUT2D eigenvalue weighted by atomic mass is 10.1. The van der Waals surface area contributed by atoms with Gasteiger partial charge in [-0.05, 0) is 5.56 Å². The second-order valence-electron chi connectivity index (χ2n) is 2.74. The summed E-state index contributed by atoms with van der Waals surface area (Å²) in [5, 5.41) is 11.4. The van der Waals surface area contributed by atoms with Crippen molar-refractivity contribution in [1.82, 2.24) is 4.98 Å². The van der Waals surface area contributed by atoms with Gasteiger partial charge in [0.1, 0.15) is 0 Å². The van der Waals surface area contributed by atoms with Crippen LogP contribution >= 0.6 is 0 Å². The van der Waals surface area contributed by atoms with Crippen molar-refractivity contribution >= 4 is 0 Å². The average Bonchev–Trinajstić information content (AvgIpc) is 2.20. The Hall–Kier alpha value is -1.83. The Labute approximate surface area is 76.5 Å². The van der Waals surface area contributed by atoms with Crippen LogP contribution in [0.15, 0.2) is 48.8 Å². The first-order chi connectivity index (χ1) is 6.38. The maximum atomic E-state index is 11.4. The predicted octanol–water partition coefficient (Wildman–Crippen LogP) is 2.89. The third-order valence-corrected chi connectivity index (χ3v) is 1.87. The topological polar surface area (TPSA) is 32.8 Å². The molecule has 1 aromatic heterocycles. The van der Waals surface area contributed by atoms with Gasteiger partial charge in [0.25, 0.3) is 0 Å². The number of pyridine rings is 1. The van der Waals surface area contributed by atoms with Crippen LogP contribution in [0.5, 0.6) is 5.75 Å². The average molecular weight is 170 g/mol. The van der Waals surface area contributed by atoms with Crippen LogP contribution in [0.4, 0.5) is 0 Å². The highest BCUT2D eigenvalue weighted by molar-refractivity contribution is 5.68. The third-order valence-electron chi connectivity index (χ3n) is 1.87. The van der Waals surface area contributed by atoms with Gasteiger partial charge in [0.15, 0.2) is 5.75 Å². The van der Waals surface area contributed by atoms with E-state index < -0.39 is 0 Å². The maximum Gasteiger partial charge on any atom is 0.189 e. The first-order valence-corrected chi connectivity index (χ1v) is 4.04. The van der Waals surface area contributed by atoms with Crippen LogP contribution in [0.25, 0.3) is 11.1 Å². The number of rotatable bonds is 1. The third kappa shape index (κ3) is 1.51. The van der Waals surface area contributed by atoms with Crippen molar-refractivity contribution in [2.75, 3.05) is 0 Å². The van der Waals surface area contributed by atoms with Gasteiger partial charge in [-0.2, -0.15) is 0 Å². The van der Waals surface area contributed by atoms with Crippen LogP contribution in [0.1, 0.15) is 0 Å². The molecular weight excluding hydrogens is 162 g/mol. The van der Waals surface area contributed by atoms with Gasteiger partial charge < -0.3 is 0 Å². The minimum Gasteiger partial charge on any atom is -0.289 e. The molecule has 1 aromatic carbocycles. The lowest BCUT2D eigenvalue weighted by Gasteiger charge is -1.99. The van der Waals surface area contributed by atoms with E-state index in [0.717, 1.165) is 5.56 Å². The smallest absolute Gasteiger partial charge is 0.189 e. The second-order valence-corrected chi connectivity index (χ2v) is 2.74. The van der Waals surface area contributed by atoms with Crippen molar-refractivity contribution in [1.29, 1.82) is 0 Å². The molecule has 0 amide bonds. The van der Waals surface area contributed by atoms with Crippen molar-refractivity contribution in [2.24, 2.45) is 0 Å². The van der Waals surface area contributed by atoms with Gasteiger partial charge >= 0.3 is 0 Å². The van der Waals surface area contributed by atoms with Crippen LogP contribution in [-0.2, 0) is 5.11 Å². The second kappa shape index (κ2) is 3.27. The van der Waals surface area contributed by atoms with E-state index in [1.54, 1.807) is 6.20 Å². The fraction of sp³-hybridized carbons (Fsp3) is 0. The van der Waals surface area contributed by atoms with E-state index in [-0.39, 0.29) is 5.75 Å². The fourth-order valence-corrected chi connectivity index (χ4v) is 1.22. The van der Waals surface area contributed by atoms with Gasteiger partial charge in [-0.3, -0.25) is 10.1 Å². The predicted molar refractivity (Wildman–Crippen MR) is 49.8 cm³/mol. The molecule has 0 fully saturated rings. The van der Waals surface area contributed by atoms with Crippen LogP contribution in [0.3, 0.4) is 0 Å². The SMILES string of the molecule is [O]c1ccncc1-c1ccccc1. The van der Waals surface area contributed by atoms with Crippen LogP contribution in [0, 0.1) is 0 Å². The lowest BCUT2D eigenvalue weighted by Crippen LogP contribution is -1.78. The maximum absolute atomic E-state index is 11.4. The van der Waals surface area contributed by atoms with Gasteiger partial charge in [-0.1, -0.05) is 30.3 Å². The Morgan fingerprint density at radius 1 is 1.00 bits per heavy atom. The summed E-state index contributed by atoms with van der Waals surface area (Å²) >= 11 is 0. The molecule has 0 aliphatic heterocycles. The van der Waals surface area contributed by atoms with E-state index >= 15 is 0 Å². The molecule has 2 aromatic rings. The molecular formula is C11H8NO. The zero-order valence-electron chi connectivity index (χ0n) is 6.97. The number of benzene rings is 1. The molecule has 0 atom stereocenters. The van der Waals surface area contributed by atoms with Gasteiger partial charge in [-0.15, -0.1) is 0 Å². The van der Waals surface area contributed by atoms with Crippen molar-refractivity contribution in [3.63, 3.8) is 0 Å². The van der Waals surface area contributed by atoms with E-state index in [2.05, 4.69) is 4.98 Å². The highest BCUT2D eigenvalue weighted by atomic mass is 16.3. The highest BCUT2D eigenvalue weighted by Crippen LogP contribution is 2.27. The highest BCUT2D eigenvalue weighted by Gasteiger charge is 2.03. The molecule has 0 N–H and O–H groups in total. The van der Waals surface area contributed by atoms with E-state index in [1.807, 2.05) is 30.3 Å². The van der Waals surface area contributed by atoms with Crippen molar-refractivity contribution in [3.05, 3.63) is 48.8 Å². The molecule has 0 aliphatic carbocycles. The van der Waals surface area contributed by atoms with E-state index in [9.17, 15) is 5.11 Å². The number of aromatic nitrogens is 1. The molecule has 0 spiro atoms. The Morgan fingerprint density at radius 2 is 1.77 bits per heavy atom. The normalized spacial score (nSPS) is 9.85. The summed E-state index contributed by atoms with van der Waals surface area (Å²) in [6, 6.07) is 11.0. The Balaban J connectivity index is 2.54. The minimum atomic E-state index is 0.0150. The Bertz CT molecular complexity index is 398. The molecule has 1 heterocycles. The lowest BCUT2D eigenvalue weighted by molar-refractivity contribution is 0.356. The summed E-state index contributed by atoms with van der Waals surface area (Å²) in [5.74, 6) is 0.0150. The monoisotopic (exact) mass is 170 g/mol. The molecule has 13 heavy (non-hydrogen) atoms. The van der Waals surface area contributed by atoms with E-state index in [1.165, 1.54) is 12.3 Å². The summed E-state index contributed by atoms with van der Waals surface area (Å²) < 4.78 is 0. The van der Waals surface area contributed by atoms with Crippen LogP contribution in [-0.4, -0.2) is 4.98 Å². The molecule has 0 bridgehead atoms. The first-order valence-electron chi connectivity index (χ1n) is 4.04.